The topological polar surface area (TPSA) is 116 Å². The van der Waals surface area contributed by atoms with E-state index in [0.29, 0.717) is 16.8 Å². The third-order valence-electron chi connectivity index (χ3n) is 8.98. The molecule has 1 amide bonds. The quantitative estimate of drug-likeness (QED) is 0.0928. The van der Waals surface area contributed by atoms with E-state index in [-0.39, 0.29) is 18.6 Å². The van der Waals surface area contributed by atoms with Crippen LogP contribution in [0.5, 0.6) is 11.5 Å². The molecule has 332 valence electrons. The van der Waals surface area contributed by atoms with E-state index in [1.807, 2.05) is 55.5 Å². The number of hydrogen-bond donors (Lipinski definition) is 2. The Hall–Kier alpha value is -6.49. The van der Waals surface area contributed by atoms with Gasteiger partial charge < -0.3 is 20.5 Å². The average Bonchev–Trinajstić information content (AvgIpc) is 3.83. The molecule has 0 saturated carbocycles. The van der Waals surface area contributed by atoms with Gasteiger partial charge >= 0.3 is 12.7 Å². The van der Waals surface area contributed by atoms with Crippen molar-refractivity contribution >= 4 is 77.2 Å². The number of ether oxygens (including phenoxy) is 2. The number of rotatable bonds is 7. The highest BCUT2D eigenvalue weighted by atomic mass is 35.5. The van der Waals surface area contributed by atoms with E-state index >= 15 is 0 Å². The van der Waals surface area contributed by atoms with Crippen LogP contribution >= 0.6 is 34.3 Å². The van der Waals surface area contributed by atoms with Crippen molar-refractivity contribution in [2.24, 2.45) is 0 Å². The lowest BCUT2D eigenvalue weighted by Crippen LogP contribution is -2.18. The number of amides is 1. The fourth-order valence-corrected chi connectivity index (χ4v) is 8.23. The Balaban J connectivity index is 0.000000197. The fourth-order valence-electron chi connectivity index (χ4n) is 5.88. The van der Waals surface area contributed by atoms with E-state index in [4.69, 9.17) is 17.3 Å². The van der Waals surface area contributed by atoms with Crippen LogP contribution in [0.25, 0.3) is 41.6 Å². The van der Waals surface area contributed by atoms with Gasteiger partial charge in [0.15, 0.2) is 0 Å². The van der Waals surface area contributed by atoms with Crippen molar-refractivity contribution in [1.29, 1.82) is 0 Å². The lowest BCUT2D eigenvalue weighted by Gasteiger charge is -2.12. The van der Waals surface area contributed by atoms with E-state index in [9.17, 15) is 35.9 Å². The highest BCUT2D eigenvalue weighted by Crippen LogP contribution is 2.33. The molecule has 64 heavy (non-hydrogen) atoms. The largest absolute Gasteiger partial charge is 0.573 e. The molecule has 3 N–H and O–H groups in total. The van der Waals surface area contributed by atoms with Crippen LogP contribution in [-0.2, 0) is 0 Å². The summed E-state index contributed by atoms with van der Waals surface area (Å²) in [7, 11) is 0. The van der Waals surface area contributed by atoms with Crippen molar-refractivity contribution in [1.82, 2.24) is 9.97 Å². The van der Waals surface area contributed by atoms with Gasteiger partial charge in [-0.3, -0.25) is 9.59 Å². The van der Waals surface area contributed by atoms with Gasteiger partial charge in [0.05, 0.1) is 20.4 Å². The molecule has 6 aromatic carbocycles. The predicted molar refractivity (Wildman–Crippen MR) is 245 cm³/mol. The summed E-state index contributed by atoms with van der Waals surface area (Å²) < 4.78 is 82.8. The number of thiazole rings is 2. The molecule has 0 bridgehead atoms. The normalized spacial score (nSPS) is 11.1. The van der Waals surface area contributed by atoms with Crippen LogP contribution in [0, 0.1) is 27.7 Å². The molecule has 2 heterocycles. The number of aryl methyl sites for hydroxylation is 4. The molecule has 0 aliphatic rings. The van der Waals surface area contributed by atoms with Gasteiger partial charge in [0.1, 0.15) is 21.5 Å². The van der Waals surface area contributed by atoms with Gasteiger partial charge in [0.2, 0.25) is 0 Å². The molecule has 8 nitrogen and oxygen atoms in total. The number of fused-ring (bicyclic) bond motifs is 2. The number of halogens is 7. The number of hydrogen-bond acceptors (Lipinski definition) is 9. The molecule has 0 aliphatic carbocycles. The molecular formula is C47H39ClF6N4O4S2. The summed E-state index contributed by atoms with van der Waals surface area (Å²) in [4.78, 5) is 32.7. The number of nitrogen functional groups attached to an aromatic ring is 1. The van der Waals surface area contributed by atoms with E-state index in [1.54, 1.807) is 48.7 Å². The predicted octanol–water partition coefficient (Wildman–Crippen LogP) is 14.5. The number of carbonyl (C=O) groups is 2. The molecule has 8 rings (SSSR count). The molecule has 17 heteroatoms. The first kappa shape index (κ1) is 48.5. The van der Waals surface area contributed by atoms with Crippen LogP contribution in [0.4, 0.5) is 37.7 Å². The summed E-state index contributed by atoms with van der Waals surface area (Å²) in [6.07, 6.45) is -9.60. The monoisotopic (exact) mass is 936 g/mol. The molecule has 0 unspecified atom stereocenters. The number of alkyl halides is 6. The maximum atomic E-state index is 12.6. The van der Waals surface area contributed by atoms with E-state index in [0.717, 1.165) is 60.8 Å². The fraction of sp³-hybridized carbons (Fsp3) is 0.149. The van der Waals surface area contributed by atoms with Gasteiger partial charge in [-0.15, -0.1) is 49.0 Å². The van der Waals surface area contributed by atoms with Gasteiger partial charge in [-0.25, -0.2) is 9.97 Å². The molecule has 8 aromatic rings. The molecule has 0 saturated heterocycles. The highest BCUT2D eigenvalue weighted by Gasteiger charge is 2.32. The summed E-state index contributed by atoms with van der Waals surface area (Å²) in [5.41, 5.74) is 14.6. The zero-order chi connectivity index (χ0) is 45.6. The van der Waals surface area contributed by atoms with Crippen molar-refractivity contribution in [3.63, 3.8) is 0 Å². The first-order chi connectivity index (χ1) is 29.7. The van der Waals surface area contributed by atoms with E-state index in [1.165, 1.54) is 34.0 Å². The second-order valence-electron chi connectivity index (χ2n) is 14.0. The Labute approximate surface area is 377 Å². The van der Waals surface area contributed by atoms with Crippen LogP contribution in [0.3, 0.4) is 0 Å². The highest BCUT2D eigenvalue weighted by molar-refractivity contribution is 7.22. The van der Waals surface area contributed by atoms with Crippen molar-refractivity contribution in [2.75, 3.05) is 11.1 Å². The smallest absolute Gasteiger partial charge is 0.406 e. The van der Waals surface area contributed by atoms with Crippen molar-refractivity contribution in [3.8, 4) is 32.6 Å². The molecule has 0 aliphatic heterocycles. The van der Waals surface area contributed by atoms with Crippen molar-refractivity contribution in [2.45, 2.75) is 47.8 Å². The van der Waals surface area contributed by atoms with Crippen LogP contribution in [0.1, 0.15) is 50.4 Å². The Morgan fingerprint density at radius 1 is 0.594 bits per heavy atom. The summed E-state index contributed by atoms with van der Waals surface area (Å²) >= 11 is 8.48. The van der Waals surface area contributed by atoms with E-state index in [2.05, 4.69) is 55.9 Å². The Morgan fingerprint density at radius 2 is 1.02 bits per heavy atom. The lowest BCUT2D eigenvalue weighted by molar-refractivity contribution is -0.275. The van der Waals surface area contributed by atoms with Crippen LogP contribution in [0.2, 0.25) is 0 Å². The van der Waals surface area contributed by atoms with Crippen molar-refractivity contribution in [3.05, 3.63) is 155 Å². The minimum Gasteiger partial charge on any atom is -0.406 e. The molecule has 0 fully saturated rings. The zero-order valence-corrected chi connectivity index (χ0v) is 36.0. The summed E-state index contributed by atoms with van der Waals surface area (Å²) in [5, 5.41) is 3.80. The van der Waals surface area contributed by atoms with Crippen LogP contribution in [-0.4, -0.2) is 33.8 Å². The molecule has 2 aromatic heterocycles. The first-order valence-corrected chi connectivity index (χ1v) is 20.7. The number of carbonyl (C=O) groups excluding carboxylic acids is 2. The maximum Gasteiger partial charge on any atom is 0.573 e. The number of nitrogens with one attached hydrogen (secondary N) is 1. The summed E-state index contributed by atoms with van der Waals surface area (Å²) in [6.45, 7) is 7.34. The van der Waals surface area contributed by atoms with Gasteiger partial charge in [0, 0.05) is 33.6 Å². The van der Waals surface area contributed by atoms with E-state index < -0.39 is 35.4 Å². The minimum absolute atomic E-state index is 0. The number of nitrogens with zero attached hydrogens (tertiary/aromatic N) is 2. The van der Waals surface area contributed by atoms with Gasteiger partial charge in [0.25, 0.3) is 11.1 Å². The van der Waals surface area contributed by atoms with Gasteiger partial charge in [-0.1, -0.05) is 31.7 Å². The average molecular weight is 937 g/mol. The minimum atomic E-state index is -4.82. The second-order valence-corrected chi connectivity index (χ2v) is 16.4. The standard InChI is InChI=1S/C23H17F3N2O2S.C14H12N2S.C9H6ClF3O2.CH4/c1-13-3-10-19-20(11-13)31-22(28-19)15-5-7-16(8-6-15)27-21(29)18-12-17(9-4-14(18)2)30-23(24,25)26;1-9-2-7-12-13(8-9)17-14(16-12)10-3-5-11(15)6-4-10;1-5-2-3-6(15-9(11,12)13)4-7(5)8(10)14;/h3-12H,1-2H3,(H,27,29);2-8H,15H2,1H3;2-4H,1H3;1H4. The number of nitrogens with two attached hydrogens (primary N) is 1. The summed E-state index contributed by atoms with van der Waals surface area (Å²) in [5.74, 6) is -1.42. The molecule has 0 atom stereocenters. The third kappa shape index (κ3) is 13.3. The molecular weight excluding hydrogens is 898 g/mol. The van der Waals surface area contributed by atoms with Gasteiger partial charge in [-0.05, 0) is 159 Å². The Bertz CT molecular complexity index is 2920. The van der Waals surface area contributed by atoms with Crippen molar-refractivity contribution < 1.29 is 45.4 Å². The second kappa shape index (κ2) is 20.3. The number of anilines is 2. The first-order valence-electron chi connectivity index (χ1n) is 18.6. The van der Waals surface area contributed by atoms with Crippen LogP contribution < -0.4 is 20.5 Å². The summed E-state index contributed by atoms with van der Waals surface area (Å²) in [6, 6.07) is 34.5. The van der Waals surface area contributed by atoms with Crippen LogP contribution in [0.15, 0.2) is 121 Å². The zero-order valence-electron chi connectivity index (χ0n) is 33.6. The Morgan fingerprint density at radius 3 is 1.45 bits per heavy atom. The molecule has 0 spiro atoms. The number of benzene rings is 6. The SMILES string of the molecule is C.Cc1ccc(OC(F)(F)F)cc1C(=O)Cl.Cc1ccc2nc(-c3ccc(N)cc3)sc2c1.Cc1ccc2nc(-c3ccc(NC(=O)c4cc(OC(F)(F)F)ccc4C)cc3)sc2c1. The Kier molecular flexibility index (Phi) is 15.4. The lowest BCUT2D eigenvalue weighted by atomic mass is 10.1. The number of aromatic nitrogens is 2. The van der Waals surface area contributed by atoms with Gasteiger partial charge in [-0.2, -0.15) is 0 Å². The third-order valence-corrected chi connectivity index (χ3v) is 11.3. The molecule has 0 radical (unpaired) electrons. The maximum absolute atomic E-state index is 12.6.